The first-order valence-electron chi connectivity index (χ1n) is 6.37. The summed E-state index contributed by atoms with van der Waals surface area (Å²) >= 11 is 3.38. The molecular weight excluding hydrogens is 344 g/mol. The first-order valence-corrected chi connectivity index (χ1v) is 7.16. The molecule has 0 aliphatic carbocycles. The van der Waals surface area contributed by atoms with E-state index in [1.807, 2.05) is 31.2 Å². The maximum atomic E-state index is 12.6. The van der Waals surface area contributed by atoms with Crippen LogP contribution in [0.3, 0.4) is 0 Å². The molecule has 2 atom stereocenters. The lowest BCUT2D eigenvalue weighted by Gasteiger charge is -2.36. The number of hydrogen-bond donors (Lipinski definition) is 1. The largest absolute Gasteiger partial charge is 0.375 e. The van der Waals surface area contributed by atoms with Crippen molar-refractivity contribution >= 4 is 34.2 Å². The Hall–Kier alpha value is -0.620. The average Bonchev–Trinajstić information content (AvgIpc) is 2.38. The van der Waals surface area contributed by atoms with Crippen molar-refractivity contribution < 1.29 is 9.53 Å². The molecule has 1 fully saturated rings. The van der Waals surface area contributed by atoms with Crippen LogP contribution in [0.5, 0.6) is 0 Å². The average molecular weight is 364 g/mol. The summed E-state index contributed by atoms with van der Waals surface area (Å²) in [6.07, 6.45) is 0.0680. The molecule has 20 heavy (non-hydrogen) atoms. The van der Waals surface area contributed by atoms with E-state index in [9.17, 15) is 4.79 Å². The van der Waals surface area contributed by atoms with Crippen LogP contribution in [0.25, 0.3) is 0 Å². The summed E-state index contributed by atoms with van der Waals surface area (Å²) in [5.74, 6) is -0.0510. The van der Waals surface area contributed by atoms with Gasteiger partial charge in [0.1, 0.15) is 5.54 Å². The number of nitrogens with zero attached hydrogens (tertiary/aromatic N) is 1. The highest BCUT2D eigenvalue weighted by Gasteiger charge is 2.36. The van der Waals surface area contributed by atoms with Crippen molar-refractivity contribution in [2.75, 3.05) is 19.7 Å². The summed E-state index contributed by atoms with van der Waals surface area (Å²) < 4.78 is 6.42. The first-order chi connectivity index (χ1) is 8.91. The van der Waals surface area contributed by atoms with Crippen molar-refractivity contribution in [3.05, 3.63) is 34.3 Å². The molecule has 0 aromatic heterocycles. The van der Waals surface area contributed by atoms with Crippen molar-refractivity contribution in [2.45, 2.75) is 25.5 Å². The molecule has 6 heteroatoms. The Bertz CT molecular complexity index is 465. The van der Waals surface area contributed by atoms with Crippen LogP contribution in [-0.2, 0) is 15.1 Å². The Morgan fingerprint density at radius 1 is 1.45 bits per heavy atom. The molecular formula is C14H20BrClN2O2. The molecule has 112 valence electrons. The fraction of sp³-hybridized carbons (Fsp3) is 0.500. The van der Waals surface area contributed by atoms with E-state index in [0.29, 0.717) is 19.7 Å². The predicted molar refractivity (Wildman–Crippen MR) is 84.9 cm³/mol. The zero-order valence-electron chi connectivity index (χ0n) is 11.6. The van der Waals surface area contributed by atoms with Crippen molar-refractivity contribution in [2.24, 2.45) is 5.73 Å². The van der Waals surface area contributed by atoms with Crippen LogP contribution in [0.2, 0.25) is 0 Å². The first kappa shape index (κ1) is 17.4. The van der Waals surface area contributed by atoms with Gasteiger partial charge in [0.2, 0.25) is 5.91 Å². The molecule has 2 rings (SSSR count). The molecule has 4 nitrogen and oxygen atoms in total. The number of carbonyl (C=O) groups excluding carboxylic acids is 1. The van der Waals surface area contributed by atoms with Gasteiger partial charge in [0, 0.05) is 17.6 Å². The van der Waals surface area contributed by atoms with Gasteiger partial charge in [-0.1, -0.05) is 28.1 Å². The number of halogens is 2. The van der Waals surface area contributed by atoms with Gasteiger partial charge in [0.15, 0.2) is 0 Å². The lowest BCUT2D eigenvalue weighted by Crippen LogP contribution is -2.55. The van der Waals surface area contributed by atoms with Crippen LogP contribution in [0.15, 0.2) is 28.7 Å². The third kappa shape index (κ3) is 3.73. The topological polar surface area (TPSA) is 55.6 Å². The number of morpholine rings is 1. The molecule has 0 radical (unpaired) electrons. The van der Waals surface area contributed by atoms with Crippen LogP contribution in [0.4, 0.5) is 0 Å². The molecule has 0 spiro atoms. The number of amides is 1. The number of ether oxygens (including phenoxy) is 1. The highest BCUT2D eigenvalue weighted by atomic mass is 79.9. The standard InChI is InChI=1S/C14H19BrN2O2.ClH/c1-10-9-17(7-8-19-10)13(18)14(2,16)11-3-5-12(15)6-4-11;/h3-6,10H,7-9,16H2,1-2H3;1H. The van der Waals surface area contributed by atoms with Crippen molar-refractivity contribution in [1.29, 1.82) is 0 Å². The maximum absolute atomic E-state index is 12.6. The molecule has 2 unspecified atom stereocenters. The summed E-state index contributed by atoms with van der Waals surface area (Å²) in [5.41, 5.74) is 6.08. The van der Waals surface area contributed by atoms with Gasteiger partial charge < -0.3 is 15.4 Å². The summed E-state index contributed by atoms with van der Waals surface area (Å²) in [6.45, 7) is 5.50. The smallest absolute Gasteiger partial charge is 0.247 e. The second kappa shape index (κ2) is 6.89. The van der Waals surface area contributed by atoms with Crippen molar-refractivity contribution in [3.63, 3.8) is 0 Å². The summed E-state index contributed by atoms with van der Waals surface area (Å²) in [6, 6.07) is 7.56. The second-order valence-electron chi connectivity index (χ2n) is 5.14. The maximum Gasteiger partial charge on any atom is 0.247 e. The van der Waals surface area contributed by atoms with Gasteiger partial charge in [0.05, 0.1) is 12.7 Å². The van der Waals surface area contributed by atoms with Gasteiger partial charge in [-0.25, -0.2) is 0 Å². The van der Waals surface area contributed by atoms with E-state index < -0.39 is 5.54 Å². The lowest BCUT2D eigenvalue weighted by molar-refractivity contribution is -0.143. The molecule has 1 saturated heterocycles. The Balaban J connectivity index is 0.00000200. The van der Waals surface area contributed by atoms with E-state index in [1.54, 1.807) is 11.8 Å². The SMILES string of the molecule is CC1CN(C(=O)C(C)(N)c2ccc(Br)cc2)CCO1.Cl. The quantitative estimate of drug-likeness (QED) is 0.877. The zero-order chi connectivity index (χ0) is 14.0. The number of rotatable bonds is 2. The molecule has 1 heterocycles. The lowest BCUT2D eigenvalue weighted by atomic mass is 9.91. The molecule has 1 aliphatic heterocycles. The minimum atomic E-state index is -1.00. The summed E-state index contributed by atoms with van der Waals surface area (Å²) in [4.78, 5) is 14.4. The van der Waals surface area contributed by atoms with E-state index in [4.69, 9.17) is 10.5 Å². The highest BCUT2D eigenvalue weighted by molar-refractivity contribution is 9.10. The molecule has 1 amide bonds. The summed E-state index contributed by atoms with van der Waals surface area (Å²) in [7, 11) is 0. The number of nitrogens with two attached hydrogens (primary N) is 1. The summed E-state index contributed by atoms with van der Waals surface area (Å²) in [5, 5.41) is 0. The van der Waals surface area contributed by atoms with E-state index in [2.05, 4.69) is 15.9 Å². The van der Waals surface area contributed by atoms with Crippen LogP contribution in [0, 0.1) is 0 Å². The number of carbonyl (C=O) groups is 1. The van der Waals surface area contributed by atoms with Crippen LogP contribution in [0.1, 0.15) is 19.4 Å². The third-order valence-electron chi connectivity index (χ3n) is 3.42. The van der Waals surface area contributed by atoms with E-state index in [1.165, 1.54) is 0 Å². The van der Waals surface area contributed by atoms with Crippen molar-refractivity contribution in [3.8, 4) is 0 Å². The normalized spacial score (nSPS) is 21.8. The fourth-order valence-electron chi connectivity index (χ4n) is 2.25. The zero-order valence-corrected chi connectivity index (χ0v) is 14.0. The van der Waals surface area contributed by atoms with Crippen LogP contribution >= 0.6 is 28.3 Å². The minimum absolute atomic E-state index is 0. The molecule has 1 aliphatic rings. The molecule has 0 bridgehead atoms. The van der Waals surface area contributed by atoms with E-state index in [0.717, 1.165) is 10.0 Å². The minimum Gasteiger partial charge on any atom is -0.375 e. The molecule has 1 aromatic carbocycles. The molecule has 1 aromatic rings. The van der Waals surface area contributed by atoms with Crippen molar-refractivity contribution in [1.82, 2.24) is 4.90 Å². The van der Waals surface area contributed by atoms with E-state index in [-0.39, 0.29) is 24.4 Å². The van der Waals surface area contributed by atoms with Gasteiger partial charge in [-0.15, -0.1) is 12.4 Å². The van der Waals surface area contributed by atoms with Gasteiger partial charge in [-0.05, 0) is 31.5 Å². The van der Waals surface area contributed by atoms with Gasteiger partial charge >= 0.3 is 0 Å². The Morgan fingerprint density at radius 3 is 2.60 bits per heavy atom. The number of benzene rings is 1. The predicted octanol–water partition coefficient (Wildman–Crippen LogP) is 2.29. The monoisotopic (exact) mass is 362 g/mol. The third-order valence-corrected chi connectivity index (χ3v) is 3.95. The van der Waals surface area contributed by atoms with E-state index >= 15 is 0 Å². The van der Waals surface area contributed by atoms with Gasteiger partial charge in [0.25, 0.3) is 0 Å². The van der Waals surface area contributed by atoms with Crippen LogP contribution in [-0.4, -0.2) is 36.6 Å². The Labute approximate surface area is 134 Å². The molecule has 0 saturated carbocycles. The van der Waals surface area contributed by atoms with Crippen LogP contribution < -0.4 is 5.73 Å². The molecule has 2 N–H and O–H groups in total. The van der Waals surface area contributed by atoms with Gasteiger partial charge in [-0.3, -0.25) is 4.79 Å². The van der Waals surface area contributed by atoms with Gasteiger partial charge in [-0.2, -0.15) is 0 Å². The fourth-order valence-corrected chi connectivity index (χ4v) is 2.52. The Morgan fingerprint density at radius 2 is 2.05 bits per heavy atom. The second-order valence-corrected chi connectivity index (χ2v) is 6.06. The highest BCUT2D eigenvalue weighted by Crippen LogP contribution is 2.23. The number of hydrogen-bond acceptors (Lipinski definition) is 3. The Kier molecular flexibility index (Phi) is 6.01.